The van der Waals surface area contributed by atoms with E-state index in [1.165, 1.54) is 18.9 Å². The van der Waals surface area contributed by atoms with E-state index >= 15 is 0 Å². The van der Waals surface area contributed by atoms with E-state index in [2.05, 4.69) is 16.0 Å². The standard InChI is InChI=1S/C22H19N3O4S/c1-14-24-21(18(12-20(26)27-2)22(25-14)30-3)29-17-9-6-8-16(11-17)28-19-10-5-4-7-15(19)13-23/h4-11H,12H2,1-3H3. The summed E-state index contributed by atoms with van der Waals surface area (Å²) >= 11 is 1.40. The molecule has 0 saturated carbocycles. The molecular weight excluding hydrogens is 402 g/mol. The first-order chi connectivity index (χ1) is 14.5. The Morgan fingerprint density at radius 2 is 1.83 bits per heavy atom. The summed E-state index contributed by atoms with van der Waals surface area (Å²) in [6.07, 6.45) is 1.86. The molecule has 3 rings (SSSR count). The fraction of sp³-hybridized carbons (Fsp3) is 0.182. The van der Waals surface area contributed by atoms with Crippen molar-refractivity contribution in [2.75, 3.05) is 13.4 Å². The van der Waals surface area contributed by atoms with E-state index in [9.17, 15) is 10.1 Å². The lowest BCUT2D eigenvalue weighted by molar-refractivity contribution is -0.139. The zero-order valence-corrected chi connectivity index (χ0v) is 17.5. The van der Waals surface area contributed by atoms with Gasteiger partial charge in [0, 0.05) is 6.07 Å². The SMILES string of the molecule is COC(=O)Cc1c(Oc2cccc(Oc3ccccc3C#N)c2)nc(C)nc1SC. The zero-order chi connectivity index (χ0) is 21.5. The summed E-state index contributed by atoms with van der Waals surface area (Å²) in [5.74, 6) is 1.82. The molecule has 0 amide bonds. The van der Waals surface area contributed by atoms with Gasteiger partial charge in [-0.1, -0.05) is 18.2 Å². The molecule has 3 aromatic rings. The molecule has 0 aliphatic carbocycles. The molecule has 0 aliphatic heterocycles. The second-order valence-corrected chi connectivity index (χ2v) is 6.90. The Morgan fingerprint density at radius 1 is 1.10 bits per heavy atom. The lowest BCUT2D eigenvalue weighted by Crippen LogP contribution is -2.10. The summed E-state index contributed by atoms with van der Waals surface area (Å²) in [6.45, 7) is 1.76. The van der Waals surface area contributed by atoms with Crippen molar-refractivity contribution in [3.8, 4) is 29.2 Å². The summed E-state index contributed by atoms with van der Waals surface area (Å²) in [4.78, 5) is 20.6. The highest BCUT2D eigenvalue weighted by atomic mass is 32.2. The number of nitriles is 1. The summed E-state index contributed by atoms with van der Waals surface area (Å²) in [6, 6.07) is 16.0. The number of carbonyl (C=O) groups is 1. The molecule has 8 heteroatoms. The van der Waals surface area contributed by atoms with Crippen molar-refractivity contribution in [1.82, 2.24) is 9.97 Å². The van der Waals surface area contributed by atoms with Gasteiger partial charge in [0.05, 0.1) is 24.7 Å². The predicted molar refractivity (Wildman–Crippen MR) is 112 cm³/mol. The number of hydrogen-bond donors (Lipinski definition) is 0. The molecule has 0 atom stereocenters. The second-order valence-electron chi connectivity index (χ2n) is 6.10. The first-order valence-corrected chi connectivity index (χ1v) is 10.2. The van der Waals surface area contributed by atoms with E-state index < -0.39 is 5.97 Å². The van der Waals surface area contributed by atoms with Crippen molar-refractivity contribution in [3.05, 3.63) is 65.5 Å². The normalized spacial score (nSPS) is 10.2. The highest BCUT2D eigenvalue weighted by Gasteiger charge is 2.19. The van der Waals surface area contributed by atoms with Crippen molar-refractivity contribution in [2.45, 2.75) is 18.4 Å². The van der Waals surface area contributed by atoms with Crippen LogP contribution in [0.15, 0.2) is 53.6 Å². The van der Waals surface area contributed by atoms with Gasteiger partial charge in [0.1, 0.15) is 34.2 Å². The molecular formula is C22H19N3O4S. The Kier molecular flexibility index (Phi) is 6.88. The van der Waals surface area contributed by atoms with Crippen LogP contribution in [-0.4, -0.2) is 29.3 Å². The summed E-state index contributed by atoms with van der Waals surface area (Å²) in [7, 11) is 1.33. The van der Waals surface area contributed by atoms with Crippen LogP contribution >= 0.6 is 11.8 Å². The average molecular weight is 421 g/mol. The molecule has 152 valence electrons. The van der Waals surface area contributed by atoms with Crippen LogP contribution in [0.5, 0.6) is 23.1 Å². The number of para-hydroxylation sites is 1. The molecule has 0 saturated heterocycles. The smallest absolute Gasteiger partial charge is 0.310 e. The number of carbonyl (C=O) groups excluding carboxylic acids is 1. The van der Waals surface area contributed by atoms with Gasteiger partial charge in [-0.25, -0.2) is 4.98 Å². The van der Waals surface area contributed by atoms with E-state index in [0.717, 1.165) is 0 Å². The number of esters is 1. The van der Waals surface area contributed by atoms with Gasteiger partial charge < -0.3 is 14.2 Å². The van der Waals surface area contributed by atoms with Crippen LogP contribution in [0.2, 0.25) is 0 Å². The van der Waals surface area contributed by atoms with Crippen LogP contribution in [0, 0.1) is 18.3 Å². The largest absolute Gasteiger partial charge is 0.469 e. The maximum Gasteiger partial charge on any atom is 0.310 e. The number of rotatable bonds is 7. The van der Waals surface area contributed by atoms with E-state index in [1.54, 1.807) is 55.5 Å². The number of benzene rings is 2. The molecule has 0 aliphatic rings. The molecule has 0 unspecified atom stereocenters. The Morgan fingerprint density at radius 3 is 2.53 bits per heavy atom. The molecule has 0 bridgehead atoms. The lowest BCUT2D eigenvalue weighted by Gasteiger charge is -2.14. The molecule has 30 heavy (non-hydrogen) atoms. The first kappa shape index (κ1) is 21.1. The Balaban J connectivity index is 1.92. The molecule has 1 heterocycles. The molecule has 0 radical (unpaired) electrons. The maximum absolute atomic E-state index is 11.9. The molecule has 0 N–H and O–H groups in total. The van der Waals surface area contributed by atoms with Gasteiger partial charge in [0.15, 0.2) is 0 Å². The molecule has 0 fully saturated rings. The van der Waals surface area contributed by atoms with E-state index in [1.807, 2.05) is 6.26 Å². The van der Waals surface area contributed by atoms with Gasteiger partial charge in [-0.3, -0.25) is 4.79 Å². The van der Waals surface area contributed by atoms with Gasteiger partial charge in [-0.15, -0.1) is 11.8 Å². The maximum atomic E-state index is 11.9. The van der Waals surface area contributed by atoms with Crippen LogP contribution in [0.1, 0.15) is 17.0 Å². The topological polar surface area (TPSA) is 94.3 Å². The van der Waals surface area contributed by atoms with E-state index in [-0.39, 0.29) is 12.3 Å². The minimum absolute atomic E-state index is 0.00593. The Labute approximate surface area is 178 Å². The quantitative estimate of drug-likeness (QED) is 0.308. The van der Waals surface area contributed by atoms with Gasteiger partial charge >= 0.3 is 5.97 Å². The highest BCUT2D eigenvalue weighted by Crippen LogP contribution is 2.33. The number of aryl methyl sites for hydroxylation is 1. The third-order valence-corrected chi connectivity index (χ3v) is 4.76. The van der Waals surface area contributed by atoms with Crippen LogP contribution in [0.3, 0.4) is 0 Å². The third kappa shape index (κ3) is 5.07. The predicted octanol–water partition coefficient (Wildman–Crippen LogP) is 4.68. The number of methoxy groups -OCH3 is 1. The van der Waals surface area contributed by atoms with Crippen LogP contribution in [0.4, 0.5) is 0 Å². The highest BCUT2D eigenvalue weighted by molar-refractivity contribution is 7.98. The number of ether oxygens (including phenoxy) is 3. The zero-order valence-electron chi connectivity index (χ0n) is 16.7. The molecule has 2 aromatic carbocycles. The number of aromatic nitrogens is 2. The minimum atomic E-state index is -0.409. The number of hydrogen-bond acceptors (Lipinski definition) is 8. The first-order valence-electron chi connectivity index (χ1n) is 8.97. The lowest BCUT2D eigenvalue weighted by atomic mass is 10.2. The summed E-state index contributed by atoms with van der Waals surface area (Å²) in [5, 5.41) is 9.89. The van der Waals surface area contributed by atoms with Crippen molar-refractivity contribution in [2.24, 2.45) is 0 Å². The minimum Gasteiger partial charge on any atom is -0.469 e. The van der Waals surface area contributed by atoms with Gasteiger partial charge in [0.2, 0.25) is 5.88 Å². The van der Waals surface area contributed by atoms with Crippen LogP contribution < -0.4 is 9.47 Å². The molecule has 0 spiro atoms. The van der Waals surface area contributed by atoms with Crippen molar-refractivity contribution >= 4 is 17.7 Å². The van der Waals surface area contributed by atoms with Crippen LogP contribution in [-0.2, 0) is 16.0 Å². The number of nitrogens with zero attached hydrogens (tertiary/aromatic N) is 3. The fourth-order valence-electron chi connectivity index (χ4n) is 2.65. The van der Waals surface area contributed by atoms with Crippen molar-refractivity contribution in [3.63, 3.8) is 0 Å². The Bertz CT molecular complexity index is 1110. The van der Waals surface area contributed by atoms with E-state index in [4.69, 9.17) is 14.2 Å². The second kappa shape index (κ2) is 9.76. The van der Waals surface area contributed by atoms with E-state index in [0.29, 0.717) is 39.2 Å². The summed E-state index contributed by atoms with van der Waals surface area (Å²) < 4.78 is 16.6. The Hall–Kier alpha value is -3.57. The van der Waals surface area contributed by atoms with Gasteiger partial charge in [-0.05, 0) is 37.4 Å². The van der Waals surface area contributed by atoms with Crippen LogP contribution in [0.25, 0.3) is 0 Å². The fourth-order valence-corrected chi connectivity index (χ4v) is 3.28. The van der Waals surface area contributed by atoms with Crippen molar-refractivity contribution < 1.29 is 19.0 Å². The number of thioether (sulfide) groups is 1. The summed E-state index contributed by atoms with van der Waals surface area (Å²) in [5.41, 5.74) is 0.987. The van der Waals surface area contributed by atoms with Crippen molar-refractivity contribution in [1.29, 1.82) is 5.26 Å². The monoisotopic (exact) mass is 421 g/mol. The molecule has 7 nitrogen and oxygen atoms in total. The average Bonchev–Trinajstić information content (AvgIpc) is 2.75. The van der Waals surface area contributed by atoms with Gasteiger partial charge in [0.25, 0.3) is 0 Å². The third-order valence-electron chi connectivity index (χ3n) is 4.04. The van der Waals surface area contributed by atoms with Gasteiger partial charge in [-0.2, -0.15) is 10.2 Å². The molecule has 1 aromatic heterocycles.